The molecule has 0 N–H and O–H groups in total. The summed E-state index contributed by atoms with van der Waals surface area (Å²) in [5, 5.41) is 0. The van der Waals surface area contributed by atoms with Crippen molar-refractivity contribution in [2.75, 3.05) is 22.9 Å². The van der Waals surface area contributed by atoms with Crippen molar-refractivity contribution in [2.45, 2.75) is 58.3 Å². The highest BCUT2D eigenvalue weighted by Gasteiger charge is 2.41. The number of carbonyl (C=O) groups is 2. The van der Waals surface area contributed by atoms with Crippen molar-refractivity contribution >= 4 is 23.6 Å². The molecular weight excluding hydrogens is 466 g/mol. The SMILES string of the molecule is CC(C)(C)OC(=O)N1CC[C@@H](N2C(=O)Cc3c(N(Cc4ccccc4)Cc4ccccc4)ncnc32)C1. The van der Waals surface area contributed by atoms with Crippen LogP contribution in [0.5, 0.6) is 0 Å². The third-order valence-electron chi connectivity index (χ3n) is 6.64. The highest BCUT2D eigenvalue weighted by molar-refractivity contribution is 6.02. The summed E-state index contributed by atoms with van der Waals surface area (Å²) in [6.07, 6.45) is 2.13. The van der Waals surface area contributed by atoms with E-state index >= 15 is 0 Å². The van der Waals surface area contributed by atoms with Crippen molar-refractivity contribution in [3.8, 4) is 0 Å². The predicted octanol–water partition coefficient (Wildman–Crippen LogP) is 4.58. The Labute approximate surface area is 217 Å². The van der Waals surface area contributed by atoms with Crippen LogP contribution >= 0.6 is 0 Å². The van der Waals surface area contributed by atoms with Crippen LogP contribution in [-0.2, 0) is 29.0 Å². The molecule has 1 aromatic heterocycles. The Bertz CT molecular complexity index is 1220. The minimum atomic E-state index is -0.561. The Balaban J connectivity index is 1.42. The van der Waals surface area contributed by atoms with Gasteiger partial charge in [0.2, 0.25) is 5.91 Å². The lowest BCUT2D eigenvalue weighted by atomic mass is 10.1. The molecule has 2 aromatic carbocycles. The zero-order chi connectivity index (χ0) is 26.0. The lowest BCUT2D eigenvalue weighted by Crippen LogP contribution is -2.42. The Hall–Kier alpha value is -3.94. The van der Waals surface area contributed by atoms with Gasteiger partial charge in [-0.3, -0.25) is 9.69 Å². The normalized spacial score (nSPS) is 17.2. The van der Waals surface area contributed by atoms with Crippen molar-refractivity contribution < 1.29 is 14.3 Å². The van der Waals surface area contributed by atoms with Crippen molar-refractivity contribution in [1.29, 1.82) is 0 Å². The first kappa shape index (κ1) is 24.7. The second kappa shape index (κ2) is 10.2. The van der Waals surface area contributed by atoms with Crippen LogP contribution in [0.3, 0.4) is 0 Å². The van der Waals surface area contributed by atoms with Crippen molar-refractivity contribution in [3.63, 3.8) is 0 Å². The van der Waals surface area contributed by atoms with E-state index in [-0.39, 0.29) is 24.5 Å². The quantitative estimate of drug-likeness (QED) is 0.494. The molecule has 2 aliphatic heterocycles. The molecule has 0 radical (unpaired) electrons. The first-order chi connectivity index (χ1) is 17.8. The zero-order valence-corrected chi connectivity index (χ0v) is 21.6. The monoisotopic (exact) mass is 499 g/mol. The predicted molar refractivity (Wildman–Crippen MR) is 142 cm³/mol. The van der Waals surface area contributed by atoms with Gasteiger partial charge in [-0.25, -0.2) is 14.8 Å². The number of fused-ring (bicyclic) bond motifs is 1. The smallest absolute Gasteiger partial charge is 0.410 e. The van der Waals surface area contributed by atoms with Crippen LogP contribution in [0.15, 0.2) is 67.0 Å². The van der Waals surface area contributed by atoms with Crippen LogP contribution in [0.2, 0.25) is 0 Å². The molecule has 1 fully saturated rings. The Morgan fingerprint density at radius 2 is 1.62 bits per heavy atom. The van der Waals surface area contributed by atoms with E-state index in [2.05, 4.69) is 39.1 Å². The molecule has 2 amide bonds. The fourth-order valence-corrected chi connectivity index (χ4v) is 5.02. The van der Waals surface area contributed by atoms with Crippen LogP contribution in [0.4, 0.5) is 16.4 Å². The van der Waals surface area contributed by atoms with Gasteiger partial charge < -0.3 is 14.5 Å². The molecule has 0 saturated carbocycles. The second-order valence-corrected chi connectivity index (χ2v) is 10.6. The number of nitrogens with zero attached hydrogens (tertiary/aromatic N) is 5. The molecule has 3 heterocycles. The molecule has 1 atom stereocenters. The van der Waals surface area contributed by atoms with Crippen LogP contribution in [0.1, 0.15) is 43.9 Å². The molecule has 8 heteroatoms. The molecule has 5 rings (SSSR count). The molecule has 0 spiro atoms. The van der Waals surface area contributed by atoms with E-state index in [0.717, 1.165) is 22.5 Å². The number of rotatable bonds is 6. The number of likely N-dealkylation sites (tertiary alicyclic amines) is 1. The third kappa shape index (κ3) is 5.58. The Morgan fingerprint density at radius 3 is 2.22 bits per heavy atom. The Kier molecular flexibility index (Phi) is 6.82. The zero-order valence-electron chi connectivity index (χ0n) is 21.6. The van der Waals surface area contributed by atoms with Gasteiger partial charge in [0.25, 0.3) is 0 Å². The van der Waals surface area contributed by atoms with Crippen LogP contribution in [0, 0.1) is 0 Å². The third-order valence-corrected chi connectivity index (χ3v) is 6.64. The molecular formula is C29H33N5O3. The van der Waals surface area contributed by atoms with Crippen LogP contribution in [0.25, 0.3) is 0 Å². The fraction of sp³-hybridized carbons (Fsp3) is 0.379. The lowest BCUT2D eigenvalue weighted by molar-refractivity contribution is -0.117. The molecule has 37 heavy (non-hydrogen) atoms. The summed E-state index contributed by atoms with van der Waals surface area (Å²) in [5.74, 6) is 1.42. The van der Waals surface area contributed by atoms with E-state index in [9.17, 15) is 9.59 Å². The Morgan fingerprint density at radius 1 is 1.00 bits per heavy atom. The van der Waals surface area contributed by atoms with Gasteiger partial charge in [-0.05, 0) is 38.3 Å². The first-order valence-electron chi connectivity index (χ1n) is 12.7. The number of carbonyl (C=O) groups excluding carboxylic acids is 2. The number of ether oxygens (including phenoxy) is 1. The van der Waals surface area contributed by atoms with Crippen molar-refractivity contribution in [2.24, 2.45) is 0 Å². The van der Waals surface area contributed by atoms with Gasteiger partial charge in [-0.1, -0.05) is 60.7 Å². The minimum Gasteiger partial charge on any atom is -0.444 e. The average molecular weight is 500 g/mol. The number of aromatic nitrogens is 2. The van der Waals surface area contributed by atoms with Gasteiger partial charge in [0, 0.05) is 31.7 Å². The molecule has 0 aliphatic carbocycles. The topological polar surface area (TPSA) is 78.9 Å². The van der Waals surface area contributed by atoms with E-state index in [4.69, 9.17) is 4.74 Å². The van der Waals surface area contributed by atoms with E-state index in [0.29, 0.717) is 38.4 Å². The van der Waals surface area contributed by atoms with Crippen LogP contribution < -0.4 is 9.80 Å². The molecule has 0 bridgehead atoms. The van der Waals surface area contributed by atoms with Crippen molar-refractivity contribution in [1.82, 2.24) is 14.9 Å². The van der Waals surface area contributed by atoms with E-state index in [1.807, 2.05) is 57.2 Å². The number of hydrogen-bond acceptors (Lipinski definition) is 6. The van der Waals surface area contributed by atoms with E-state index < -0.39 is 5.60 Å². The van der Waals surface area contributed by atoms with E-state index in [1.165, 1.54) is 0 Å². The summed E-state index contributed by atoms with van der Waals surface area (Å²) in [7, 11) is 0. The average Bonchev–Trinajstić information content (AvgIpc) is 3.47. The molecule has 2 aliphatic rings. The summed E-state index contributed by atoms with van der Waals surface area (Å²) in [6.45, 7) is 7.85. The molecule has 3 aromatic rings. The number of benzene rings is 2. The van der Waals surface area contributed by atoms with Gasteiger partial charge in [-0.2, -0.15) is 0 Å². The summed E-state index contributed by atoms with van der Waals surface area (Å²) in [4.78, 5) is 40.8. The maximum Gasteiger partial charge on any atom is 0.410 e. The van der Waals surface area contributed by atoms with Gasteiger partial charge in [0.1, 0.15) is 23.6 Å². The standard InChI is InChI=1S/C29H33N5O3/c1-29(2,3)37-28(36)32-15-14-23(19-32)34-25(35)16-24-26(30-20-31-27(24)34)33(17-21-10-6-4-7-11-21)18-22-12-8-5-9-13-22/h4-13,20,23H,14-19H2,1-3H3/t23-/m1/s1. The summed E-state index contributed by atoms with van der Waals surface area (Å²) in [5.41, 5.74) is 2.61. The summed E-state index contributed by atoms with van der Waals surface area (Å²) in [6, 6.07) is 20.4. The van der Waals surface area contributed by atoms with Gasteiger partial charge in [0.15, 0.2) is 0 Å². The van der Waals surface area contributed by atoms with E-state index in [1.54, 1.807) is 16.1 Å². The molecule has 192 valence electrons. The van der Waals surface area contributed by atoms with Gasteiger partial charge in [0.05, 0.1) is 12.5 Å². The second-order valence-electron chi connectivity index (χ2n) is 10.6. The van der Waals surface area contributed by atoms with Gasteiger partial charge >= 0.3 is 6.09 Å². The highest BCUT2D eigenvalue weighted by Crippen LogP contribution is 2.37. The molecule has 1 saturated heterocycles. The highest BCUT2D eigenvalue weighted by atomic mass is 16.6. The number of amides is 2. The minimum absolute atomic E-state index is 0.00726. The maximum absolute atomic E-state index is 13.3. The lowest BCUT2D eigenvalue weighted by Gasteiger charge is -2.28. The molecule has 0 unspecified atom stereocenters. The fourth-order valence-electron chi connectivity index (χ4n) is 5.02. The summed E-state index contributed by atoms with van der Waals surface area (Å²) >= 11 is 0. The molecule has 8 nitrogen and oxygen atoms in total. The first-order valence-corrected chi connectivity index (χ1v) is 12.7. The van der Waals surface area contributed by atoms with Crippen molar-refractivity contribution in [3.05, 3.63) is 83.7 Å². The number of anilines is 2. The summed E-state index contributed by atoms with van der Waals surface area (Å²) < 4.78 is 5.54. The largest absolute Gasteiger partial charge is 0.444 e. The maximum atomic E-state index is 13.3. The van der Waals surface area contributed by atoms with Crippen LogP contribution in [-0.4, -0.2) is 51.6 Å². The van der Waals surface area contributed by atoms with Gasteiger partial charge in [-0.15, -0.1) is 0 Å². The number of hydrogen-bond donors (Lipinski definition) is 0.